The first kappa shape index (κ1) is 11.0. The van der Waals surface area contributed by atoms with Gasteiger partial charge < -0.3 is 5.32 Å². The van der Waals surface area contributed by atoms with E-state index in [1.54, 1.807) is 25.1 Å². The first-order valence-corrected chi connectivity index (χ1v) is 4.66. The van der Waals surface area contributed by atoms with Crippen molar-refractivity contribution in [3.05, 3.63) is 47.5 Å². The van der Waals surface area contributed by atoms with E-state index in [2.05, 4.69) is 5.32 Å². The zero-order valence-corrected chi connectivity index (χ0v) is 8.53. The van der Waals surface area contributed by atoms with Gasteiger partial charge in [0.05, 0.1) is 11.6 Å². The maximum absolute atomic E-state index is 11.1. The molecule has 0 fully saturated rings. The van der Waals surface area contributed by atoms with E-state index < -0.39 is 0 Å². The molecule has 0 aliphatic rings. The molecule has 1 N–H and O–H groups in total. The molecule has 1 rings (SSSR count). The third kappa shape index (κ3) is 3.65. The lowest BCUT2D eigenvalue weighted by molar-refractivity contribution is -0.116. The van der Waals surface area contributed by atoms with E-state index in [1.807, 2.05) is 18.2 Å². The number of rotatable bonds is 3. The summed E-state index contributed by atoms with van der Waals surface area (Å²) < 4.78 is 0. The van der Waals surface area contributed by atoms with Crippen molar-refractivity contribution in [3.8, 4) is 6.07 Å². The highest BCUT2D eigenvalue weighted by Crippen LogP contribution is 2.02. The third-order valence-corrected chi connectivity index (χ3v) is 1.87. The van der Waals surface area contributed by atoms with Crippen molar-refractivity contribution in [2.24, 2.45) is 0 Å². The van der Waals surface area contributed by atoms with Crippen LogP contribution in [0.1, 0.15) is 18.1 Å². The molecule has 0 saturated carbocycles. The predicted molar refractivity (Wildman–Crippen MR) is 57.8 cm³/mol. The molecular weight excluding hydrogens is 188 g/mol. The average molecular weight is 200 g/mol. The van der Waals surface area contributed by atoms with Gasteiger partial charge in [-0.25, -0.2) is 0 Å². The molecule has 3 heteroatoms. The number of nitriles is 1. The second-order valence-electron chi connectivity index (χ2n) is 3.03. The molecule has 0 aliphatic carbocycles. The lowest BCUT2D eigenvalue weighted by atomic mass is 10.1. The molecule has 76 valence electrons. The van der Waals surface area contributed by atoms with Crippen molar-refractivity contribution in [2.75, 3.05) is 0 Å². The van der Waals surface area contributed by atoms with E-state index in [0.29, 0.717) is 12.1 Å². The van der Waals surface area contributed by atoms with Gasteiger partial charge in [-0.3, -0.25) is 4.79 Å². The second-order valence-corrected chi connectivity index (χ2v) is 3.03. The Hall–Kier alpha value is -2.08. The topological polar surface area (TPSA) is 52.9 Å². The molecular formula is C12H12N2O. The molecule has 0 spiro atoms. The van der Waals surface area contributed by atoms with Crippen molar-refractivity contribution in [3.63, 3.8) is 0 Å². The summed E-state index contributed by atoms with van der Waals surface area (Å²) in [5, 5.41) is 11.3. The third-order valence-electron chi connectivity index (χ3n) is 1.87. The highest BCUT2D eigenvalue weighted by molar-refractivity contribution is 5.87. The highest BCUT2D eigenvalue weighted by atomic mass is 16.1. The van der Waals surface area contributed by atoms with Gasteiger partial charge >= 0.3 is 0 Å². The van der Waals surface area contributed by atoms with Crippen LogP contribution in [-0.2, 0) is 11.3 Å². The second kappa shape index (κ2) is 5.61. The number of hydrogen-bond donors (Lipinski definition) is 1. The lowest BCUT2D eigenvalue weighted by Gasteiger charge is -2.01. The van der Waals surface area contributed by atoms with Crippen LogP contribution in [0.4, 0.5) is 0 Å². The van der Waals surface area contributed by atoms with Crippen molar-refractivity contribution in [1.82, 2.24) is 5.32 Å². The Balaban J connectivity index is 2.52. The first-order chi connectivity index (χ1) is 7.26. The smallest absolute Gasteiger partial charge is 0.243 e. The Morgan fingerprint density at radius 1 is 1.47 bits per heavy atom. The summed E-state index contributed by atoms with van der Waals surface area (Å²) in [6, 6.07) is 9.16. The van der Waals surface area contributed by atoms with Crippen molar-refractivity contribution < 1.29 is 4.79 Å². The monoisotopic (exact) mass is 200 g/mol. The number of hydrogen-bond acceptors (Lipinski definition) is 2. The van der Waals surface area contributed by atoms with Gasteiger partial charge in [0.2, 0.25) is 5.91 Å². The Kier molecular flexibility index (Phi) is 4.11. The summed E-state index contributed by atoms with van der Waals surface area (Å²) in [7, 11) is 0. The number of amides is 1. The largest absolute Gasteiger partial charge is 0.348 e. The Labute approximate surface area is 89.0 Å². The van der Waals surface area contributed by atoms with Crippen LogP contribution in [0, 0.1) is 11.3 Å². The molecule has 15 heavy (non-hydrogen) atoms. The number of carbonyl (C=O) groups is 1. The SMILES string of the molecule is C/C=C/C(=O)NCc1ccc(C#N)cc1. The Morgan fingerprint density at radius 3 is 2.67 bits per heavy atom. The van der Waals surface area contributed by atoms with Crippen LogP contribution in [-0.4, -0.2) is 5.91 Å². The van der Waals surface area contributed by atoms with Gasteiger partial charge in [-0.15, -0.1) is 0 Å². The van der Waals surface area contributed by atoms with Crippen LogP contribution in [0.2, 0.25) is 0 Å². The molecule has 1 aromatic carbocycles. The van der Waals surface area contributed by atoms with Gasteiger partial charge in [-0.1, -0.05) is 18.2 Å². The lowest BCUT2D eigenvalue weighted by Crippen LogP contribution is -2.20. The standard InChI is InChI=1S/C12H12N2O/c1-2-3-12(15)14-9-11-6-4-10(8-13)5-7-11/h2-7H,9H2,1H3,(H,14,15)/b3-2+. The Morgan fingerprint density at radius 2 is 2.13 bits per heavy atom. The fourth-order valence-corrected chi connectivity index (χ4v) is 1.10. The zero-order chi connectivity index (χ0) is 11.1. The van der Waals surface area contributed by atoms with Gasteiger partial charge in [-0.05, 0) is 30.7 Å². The summed E-state index contributed by atoms with van der Waals surface area (Å²) in [6.07, 6.45) is 3.16. The van der Waals surface area contributed by atoms with Gasteiger partial charge in [0.15, 0.2) is 0 Å². The molecule has 1 amide bonds. The van der Waals surface area contributed by atoms with Crippen LogP contribution in [0.15, 0.2) is 36.4 Å². The number of nitrogens with one attached hydrogen (secondary N) is 1. The summed E-state index contributed by atoms with van der Waals surface area (Å²) in [5.41, 5.74) is 1.60. The molecule has 0 radical (unpaired) electrons. The molecule has 0 atom stereocenters. The molecule has 0 bridgehead atoms. The normalized spacial score (nSPS) is 9.87. The number of allylic oxidation sites excluding steroid dienone is 1. The van der Waals surface area contributed by atoms with Gasteiger partial charge in [0, 0.05) is 6.54 Å². The minimum absolute atomic E-state index is 0.109. The number of nitrogens with zero attached hydrogens (tertiary/aromatic N) is 1. The molecule has 3 nitrogen and oxygen atoms in total. The van der Waals surface area contributed by atoms with E-state index in [-0.39, 0.29) is 5.91 Å². The minimum Gasteiger partial charge on any atom is -0.348 e. The summed E-state index contributed by atoms with van der Waals surface area (Å²) >= 11 is 0. The fourth-order valence-electron chi connectivity index (χ4n) is 1.10. The molecule has 0 heterocycles. The fraction of sp³-hybridized carbons (Fsp3) is 0.167. The van der Waals surface area contributed by atoms with E-state index in [4.69, 9.17) is 5.26 Å². The minimum atomic E-state index is -0.109. The number of carbonyl (C=O) groups excluding carboxylic acids is 1. The zero-order valence-electron chi connectivity index (χ0n) is 8.53. The van der Waals surface area contributed by atoms with Crippen LogP contribution in [0.25, 0.3) is 0 Å². The highest BCUT2D eigenvalue weighted by Gasteiger charge is 1.96. The number of benzene rings is 1. The van der Waals surface area contributed by atoms with Crippen LogP contribution >= 0.6 is 0 Å². The molecule has 0 aromatic heterocycles. The van der Waals surface area contributed by atoms with Gasteiger partial charge in [0.25, 0.3) is 0 Å². The van der Waals surface area contributed by atoms with Crippen LogP contribution in [0.3, 0.4) is 0 Å². The molecule has 0 saturated heterocycles. The van der Waals surface area contributed by atoms with Crippen molar-refractivity contribution >= 4 is 5.91 Å². The molecule has 1 aromatic rings. The summed E-state index contributed by atoms with van der Waals surface area (Å²) in [5.74, 6) is -0.109. The summed E-state index contributed by atoms with van der Waals surface area (Å²) in [4.78, 5) is 11.1. The van der Waals surface area contributed by atoms with E-state index in [9.17, 15) is 4.79 Å². The van der Waals surface area contributed by atoms with Gasteiger partial charge in [-0.2, -0.15) is 5.26 Å². The predicted octanol–water partition coefficient (Wildman–Crippen LogP) is 1.75. The van der Waals surface area contributed by atoms with Crippen molar-refractivity contribution in [2.45, 2.75) is 13.5 Å². The van der Waals surface area contributed by atoms with E-state index in [0.717, 1.165) is 5.56 Å². The van der Waals surface area contributed by atoms with Crippen LogP contribution in [0.5, 0.6) is 0 Å². The average Bonchev–Trinajstić information content (AvgIpc) is 2.27. The Bertz CT molecular complexity index is 399. The van der Waals surface area contributed by atoms with Crippen molar-refractivity contribution in [1.29, 1.82) is 5.26 Å². The summed E-state index contributed by atoms with van der Waals surface area (Å²) in [6.45, 7) is 2.27. The maximum Gasteiger partial charge on any atom is 0.243 e. The van der Waals surface area contributed by atoms with E-state index >= 15 is 0 Å². The van der Waals surface area contributed by atoms with E-state index in [1.165, 1.54) is 6.08 Å². The maximum atomic E-state index is 11.1. The van der Waals surface area contributed by atoms with Crippen LogP contribution < -0.4 is 5.32 Å². The van der Waals surface area contributed by atoms with Gasteiger partial charge in [0.1, 0.15) is 0 Å². The quantitative estimate of drug-likeness (QED) is 0.756. The molecule has 0 aliphatic heterocycles. The molecule has 0 unspecified atom stereocenters. The first-order valence-electron chi connectivity index (χ1n) is 4.66.